The van der Waals surface area contributed by atoms with E-state index in [1.165, 1.54) is 0 Å². The van der Waals surface area contributed by atoms with Crippen molar-refractivity contribution < 1.29 is 14.2 Å². The third-order valence-corrected chi connectivity index (χ3v) is 5.22. The number of ether oxygens (including phenoxy) is 3. The summed E-state index contributed by atoms with van der Waals surface area (Å²) in [5, 5.41) is 0. The van der Waals surface area contributed by atoms with Crippen molar-refractivity contribution in [1.29, 1.82) is 0 Å². The fourth-order valence-electron chi connectivity index (χ4n) is 3.67. The molecule has 4 rings (SSSR count). The van der Waals surface area contributed by atoms with Gasteiger partial charge in [-0.1, -0.05) is 24.3 Å². The number of amidine groups is 1. The summed E-state index contributed by atoms with van der Waals surface area (Å²) in [7, 11) is 3.30. The van der Waals surface area contributed by atoms with Gasteiger partial charge >= 0.3 is 0 Å². The zero-order valence-electron chi connectivity index (χ0n) is 16.7. The van der Waals surface area contributed by atoms with Gasteiger partial charge in [-0.25, -0.2) is 4.99 Å². The zero-order valence-corrected chi connectivity index (χ0v) is 16.7. The van der Waals surface area contributed by atoms with E-state index in [0.717, 1.165) is 33.6 Å². The van der Waals surface area contributed by atoms with Crippen LogP contribution in [0, 0.1) is 6.92 Å². The van der Waals surface area contributed by atoms with Gasteiger partial charge in [-0.2, -0.15) is 0 Å². The molecule has 29 heavy (non-hydrogen) atoms. The third-order valence-electron chi connectivity index (χ3n) is 5.22. The maximum Gasteiger partial charge on any atom is 0.283 e. The summed E-state index contributed by atoms with van der Waals surface area (Å²) in [6.45, 7) is 2.35. The maximum atomic E-state index is 5.94. The van der Waals surface area contributed by atoms with Gasteiger partial charge in [-0.15, -0.1) is 0 Å². The van der Waals surface area contributed by atoms with Gasteiger partial charge in [0.1, 0.15) is 18.1 Å². The van der Waals surface area contributed by atoms with Crippen LogP contribution in [0.2, 0.25) is 0 Å². The van der Waals surface area contributed by atoms with E-state index in [-0.39, 0.29) is 6.02 Å². The van der Waals surface area contributed by atoms with E-state index in [1.807, 2.05) is 49.5 Å². The second-order valence-corrected chi connectivity index (χ2v) is 6.98. The van der Waals surface area contributed by atoms with Gasteiger partial charge < -0.3 is 19.9 Å². The van der Waals surface area contributed by atoms with Crippen LogP contribution in [0.5, 0.6) is 11.5 Å². The van der Waals surface area contributed by atoms with Crippen LogP contribution in [-0.4, -0.2) is 31.8 Å². The standard InChI is InChI=1S/C23H23N3O3/c1-15-9-19(7-8-21(15)28-3)23(14-29-22(24)26-23)18-6-4-5-16(10-18)17-11-20(27-2)13-25-12-17/h4-13H,14H2,1-3H3,(H2,24,26)/t23-/m0/s1. The van der Waals surface area contributed by atoms with Crippen LogP contribution in [0.4, 0.5) is 0 Å². The Morgan fingerprint density at radius 2 is 1.79 bits per heavy atom. The zero-order chi connectivity index (χ0) is 20.4. The SMILES string of the molecule is COc1cncc(-c2cccc([C@]3(c4ccc(OC)c(C)c4)COC(N)=N3)c2)c1. The van der Waals surface area contributed by atoms with Crippen molar-refractivity contribution in [2.24, 2.45) is 10.7 Å². The van der Waals surface area contributed by atoms with Gasteiger partial charge in [0.05, 0.1) is 20.4 Å². The van der Waals surface area contributed by atoms with Gasteiger partial charge in [0.15, 0.2) is 5.54 Å². The summed E-state index contributed by atoms with van der Waals surface area (Å²) < 4.78 is 16.3. The summed E-state index contributed by atoms with van der Waals surface area (Å²) in [6, 6.07) is 16.4. The first kappa shape index (κ1) is 18.8. The van der Waals surface area contributed by atoms with E-state index in [0.29, 0.717) is 12.4 Å². The van der Waals surface area contributed by atoms with Crippen LogP contribution in [0.3, 0.4) is 0 Å². The first-order valence-electron chi connectivity index (χ1n) is 9.29. The normalized spacial score (nSPS) is 18.1. The van der Waals surface area contributed by atoms with Crippen molar-refractivity contribution in [2.45, 2.75) is 12.5 Å². The summed E-state index contributed by atoms with van der Waals surface area (Å²) >= 11 is 0. The lowest BCUT2D eigenvalue weighted by Gasteiger charge is -2.26. The van der Waals surface area contributed by atoms with Gasteiger partial charge in [-0.05, 0) is 53.4 Å². The predicted molar refractivity (Wildman–Crippen MR) is 112 cm³/mol. The Hall–Kier alpha value is -3.54. The van der Waals surface area contributed by atoms with Crippen molar-refractivity contribution in [3.8, 4) is 22.6 Å². The lowest BCUT2D eigenvalue weighted by atomic mass is 9.82. The molecule has 0 fully saturated rings. The van der Waals surface area contributed by atoms with Crippen molar-refractivity contribution >= 4 is 6.02 Å². The fraction of sp³-hybridized carbons (Fsp3) is 0.217. The summed E-state index contributed by atoms with van der Waals surface area (Å²) in [5.74, 6) is 1.54. The Balaban J connectivity index is 1.84. The van der Waals surface area contributed by atoms with Crippen molar-refractivity contribution in [2.75, 3.05) is 20.8 Å². The Labute approximate surface area is 170 Å². The largest absolute Gasteiger partial charge is 0.496 e. The molecule has 1 atom stereocenters. The summed E-state index contributed by atoms with van der Waals surface area (Å²) in [5.41, 5.74) is 10.2. The average Bonchev–Trinajstić information content (AvgIpc) is 3.17. The molecule has 2 N–H and O–H groups in total. The molecule has 6 nitrogen and oxygen atoms in total. The molecule has 0 amide bonds. The highest BCUT2D eigenvalue weighted by Crippen LogP contribution is 2.40. The number of aryl methyl sites for hydroxylation is 1. The van der Waals surface area contributed by atoms with E-state index < -0.39 is 5.54 Å². The van der Waals surface area contributed by atoms with Gasteiger partial charge in [0, 0.05) is 11.8 Å². The van der Waals surface area contributed by atoms with Crippen molar-refractivity contribution in [3.63, 3.8) is 0 Å². The fourth-order valence-corrected chi connectivity index (χ4v) is 3.67. The number of pyridine rings is 1. The molecule has 0 aliphatic carbocycles. The number of benzene rings is 2. The molecule has 1 aliphatic rings. The molecule has 1 aromatic heterocycles. The van der Waals surface area contributed by atoms with Crippen LogP contribution in [0.15, 0.2) is 65.9 Å². The van der Waals surface area contributed by atoms with Crippen LogP contribution < -0.4 is 15.2 Å². The average molecular weight is 389 g/mol. The van der Waals surface area contributed by atoms with E-state index >= 15 is 0 Å². The first-order valence-corrected chi connectivity index (χ1v) is 9.29. The minimum absolute atomic E-state index is 0.187. The molecule has 148 valence electrons. The molecule has 2 aromatic carbocycles. The predicted octanol–water partition coefficient (Wildman–Crippen LogP) is 3.66. The molecule has 0 spiro atoms. The highest BCUT2D eigenvalue weighted by Gasteiger charge is 2.40. The van der Waals surface area contributed by atoms with Crippen molar-refractivity contribution in [1.82, 2.24) is 4.98 Å². The highest BCUT2D eigenvalue weighted by molar-refractivity contribution is 5.76. The topological polar surface area (TPSA) is 79.0 Å². The maximum absolute atomic E-state index is 5.94. The molecule has 0 radical (unpaired) electrons. The molecule has 0 unspecified atom stereocenters. The molecule has 3 aromatic rings. The van der Waals surface area contributed by atoms with Gasteiger partial charge in [0.25, 0.3) is 6.02 Å². The molecule has 6 heteroatoms. The second kappa shape index (κ2) is 7.47. The highest BCUT2D eigenvalue weighted by atomic mass is 16.5. The molecule has 2 heterocycles. The molecular weight excluding hydrogens is 366 g/mol. The van der Waals surface area contributed by atoms with Gasteiger partial charge in [0.2, 0.25) is 0 Å². The Kier molecular flexibility index (Phi) is 4.84. The smallest absolute Gasteiger partial charge is 0.283 e. The van der Waals surface area contributed by atoms with E-state index in [2.05, 4.69) is 17.1 Å². The quantitative estimate of drug-likeness (QED) is 0.720. The van der Waals surface area contributed by atoms with E-state index in [9.17, 15) is 0 Å². The summed E-state index contributed by atoms with van der Waals surface area (Å²) in [4.78, 5) is 8.98. The Bertz CT molecular complexity index is 1080. The number of aromatic nitrogens is 1. The minimum Gasteiger partial charge on any atom is -0.496 e. The first-order chi connectivity index (χ1) is 14.1. The van der Waals surface area contributed by atoms with E-state index in [1.54, 1.807) is 20.4 Å². The molecule has 0 saturated heterocycles. The summed E-state index contributed by atoms with van der Waals surface area (Å²) in [6.07, 6.45) is 3.50. The van der Waals surface area contributed by atoms with Crippen LogP contribution >= 0.6 is 0 Å². The molecule has 0 saturated carbocycles. The van der Waals surface area contributed by atoms with E-state index in [4.69, 9.17) is 24.9 Å². The number of aliphatic imine (C=N–C) groups is 1. The molecule has 1 aliphatic heterocycles. The Morgan fingerprint density at radius 3 is 2.48 bits per heavy atom. The lowest BCUT2D eigenvalue weighted by Crippen LogP contribution is -2.27. The minimum atomic E-state index is -0.719. The number of nitrogens with two attached hydrogens (primary N) is 1. The second-order valence-electron chi connectivity index (χ2n) is 6.98. The van der Waals surface area contributed by atoms with Gasteiger partial charge in [-0.3, -0.25) is 4.98 Å². The third kappa shape index (κ3) is 3.38. The Morgan fingerprint density at radius 1 is 0.966 bits per heavy atom. The molecular formula is C23H23N3O3. The molecule has 0 bridgehead atoms. The van der Waals surface area contributed by atoms with Crippen LogP contribution in [0.1, 0.15) is 16.7 Å². The van der Waals surface area contributed by atoms with Crippen LogP contribution in [-0.2, 0) is 10.3 Å². The lowest BCUT2D eigenvalue weighted by molar-refractivity contribution is 0.278. The van der Waals surface area contributed by atoms with Crippen molar-refractivity contribution in [3.05, 3.63) is 77.6 Å². The number of methoxy groups -OCH3 is 2. The number of rotatable bonds is 5. The number of hydrogen-bond donors (Lipinski definition) is 1. The number of nitrogens with zero attached hydrogens (tertiary/aromatic N) is 2. The monoisotopic (exact) mass is 389 g/mol. The number of hydrogen-bond acceptors (Lipinski definition) is 6. The van der Waals surface area contributed by atoms with Crippen LogP contribution in [0.25, 0.3) is 11.1 Å².